The van der Waals surface area contributed by atoms with E-state index in [-0.39, 0.29) is 17.3 Å². The van der Waals surface area contributed by atoms with Gasteiger partial charge in [-0.1, -0.05) is 5.21 Å². The largest absolute Gasteiger partial charge is 0.480 e. The van der Waals surface area contributed by atoms with E-state index in [9.17, 15) is 9.00 Å². The molecule has 0 saturated carbocycles. The van der Waals surface area contributed by atoms with Crippen LogP contribution in [0.3, 0.4) is 0 Å². The predicted octanol–water partition coefficient (Wildman–Crippen LogP) is -2.14. The molecule has 8 nitrogen and oxygen atoms in total. The normalized spacial score (nSPS) is 14.9. The highest BCUT2D eigenvalue weighted by molar-refractivity contribution is 7.84. The van der Waals surface area contributed by atoms with Gasteiger partial charge < -0.3 is 10.8 Å². The standard InChI is InChI=1S/C5H9N5O3S/c6-3(5(11)12)1-14(13)2-4-7-9-10-8-4/h3H,1-2,6H2,(H,11,12)(H,7,8,9,10). The Bertz CT molecular complexity index is 326. The lowest BCUT2D eigenvalue weighted by Crippen LogP contribution is -2.35. The van der Waals surface area contributed by atoms with Gasteiger partial charge in [0.05, 0.1) is 5.75 Å². The molecule has 1 heterocycles. The first-order valence-electron chi connectivity index (χ1n) is 3.65. The van der Waals surface area contributed by atoms with E-state index in [1.165, 1.54) is 0 Å². The molecule has 0 amide bonds. The molecule has 2 unspecified atom stereocenters. The molecule has 2 atom stereocenters. The molecule has 0 aromatic carbocycles. The Hall–Kier alpha value is -1.35. The second-order valence-corrected chi connectivity index (χ2v) is 4.03. The lowest BCUT2D eigenvalue weighted by molar-refractivity contribution is -0.137. The van der Waals surface area contributed by atoms with Crippen molar-refractivity contribution >= 4 is 16.8 Å². The molecule has 0 aliphatic carbocycles. The van der Waals surface area contributed by atoms with Crippen LogP contribution >= 0.6 is 0 Å². The summed E-state index contributed by atoms with van der Waals surface area (Å²) in [6.45, 7) is 0. The Morgan fingerprint density at radius 2 is 2.43 bits per heavy atom. The van der Waals surface area contributed by atoms with Crippen molar-refractivity contribution in [2.45, 2.75) is 11.8 Å². The molecular weight excluding hydrogens is 210 g/mol. The smallest absolute Gasteiger partial charge is 0.321 e. The van der Waals surface area contributed by atoms with E-state index in [0.717, 1.165) is 0 Å². The van der Waals surface area contributed by atoms with Crippen LogP contribution in [0.5, 0.6) is 0 Å². The Balaban J connectivity index is 2.40. The van der Waals surface area contributed by atoms with Crippen LogP contribution in [0.2, 0.25) is 0 Å². The van der Waals surface area contributed by atoms with Gasteiger partial charge in [0.2, 0.25) is 0 Å². The summed E-state index contributed by atoms with van der Waals surface area (Å²) in [7, 11) is -1.39. The number of carboxylic acid groups (broad SMARTS) is 1. The molecule has 0 saturated heterocycles. The van der Waals surface area contributed by atoms with Crippen LogP contribution in [-0.4, -0.2) is 47.7 Å². The minimum atomic E-state index is -1.39. The number of tetrazole rings is 1. The summed E-state index contributed by atoms with van der Waals surface area (Å²) in [5.74, 6) is -0.964. The number of carbonyl (C=O) groups is 1. The summed E-state index contributed by atoms with van der Waals surface area (Å²) in [6.07, 6.45) is 0. The minimum Gasteiger partial charge on any atom is -0.480 e. The van der Waals surface area contributed by atoms with Crippen molar-refractivity contribution in [3.63, 3.8) is 0 Å². The third-order valence-corrected chi connectivity index (χ3v) is 2.67. The van der Waals surface area contributed by atoms with Crippen molar-refractivity contribution < 1.29 is 14.1 Å². The van der Waals surface area contributed by atoms with E-state index in [0.29, 0.717) is 0 Å². The van der Waals surface area contributed by atoms with Gasteiger partial charge in [-0.2, -0.15) is 5.21 Å². The summed E-state index contributed by atoms with van der Waals surface area (Å²) < 4.78 is 11.3. The van der Waals surface area contributed by atoms with E-state index in [1.54, 1.807) is 0 Å². The fraction of sp³-hybridized carbons (Fsp3) is 0.600. The van der Waals surface area contributed by atoms with E-state index in [1.807, 2.05) is 0 Å². The Morgan fingerprint density at radius 3 is 2.93 bits per heavy atom. The average molecular weight is 219 g/mol. The number of hydrogen-bond donors (Lipinski definition) is 3. The third kappa shape index (κ3) is 3.18. The maximum atomic E-state index is 11.3. The zero-order valence-corrected chi connectivity index (χ0v) is 7.90. The van der Waals surface area contributed by atoms with Crippen molar-refractivity contribution in [2.24, 2.45) is 5.73 Å². The molecule has 1 rings (SSSR count). The van der Waals surface area contributed by atoms with E-state index < -0.39 is 22.8 Å². The minimum absolute atomic E-state index is 0.0531. The summed E-state index contributed by atoms with van der Waals surface area (Å²) in [5.41, 5.74) is 5.19. The number of nitrogens with two attached hydrogens (primary N) is 1. The number of carboxylic acids is 1. The van der Waals surface area contributed by atoms with E-state index in [2.05, 4.69) is 20.6 Å². The van der Waals surface area contributed by atoms with E-state index >= 15 is 0 Å². The summed E-state index contributed by atoms with van der Waals surface area (Å²) in [5, 5.41) is 21.1. The van der Waals surface area contributed by atoms with Gasteiger partial charge >= 0.3 is 5.97 Å². The number of H-pyrrole nitrogens is 1. The number of aromatic nitrogens is 4. The molecule has 0 bridgehead atoms. The van der Waals surface area contributed by atoms with Crippen LogP contribution in [0.25, 0.3) is 0 Å². The maximum absolute atomic E-state index is 11.3. The monoisotopic (exact) mass is 219 g/mol. The van der Waals surface area contributed by atoms with Gasteiger partial charge in [0.15, 0.2) is 5.82 Å². The molecule has 0 fully saturated rings. The average Bonchev–Trinajstić information content (AvgIpc) is 2.56. The number of nitrogens with zero attached hydrogens (tertiary/aromatic N) is 3. The van der Waals surface area contributed by atoms with Crippen molar-refractivity contribution in [3.8, 4) is 0 Å². The number of hydrogen-bond acceptors (Lipinski definition) is 6. The Labute approximate surface area is 81.3 Å². The van der Waals surface area contributed by atoms with Crippen LogP contribution in [-0.2, 0) is 21.3 Å². The molecule has 1 aromatic rings. The second kappa shape index (κ2) is 4.77. The molecule has 0 spiro atoms. The van der Waals surface area contributed by atoms with Crippen LogP contribution < -0.4 is 5.73 Å². The first kappa shape index (κ1) is 10.7. The maximum Gasteiger partial charge on any atom is 0.321 e. The first-order chi connectivity index (χ1) is 6.59. The molecule has 0 radical (unpaired) electrons. The SMILES string of the molecule is NC(CS(=O)Cc1nn[nH]n1)C(=O)O. The predicted molar refractivity (Wildman–Crippen MR) is 46.5 cm³/mol. The van der Waals surface area contributed by atoms with Crippen molar-refractivity contribution in [1.29, 1.82) is 0 Å². The third-order valence-electron chi connectivity index (χ3n) is 1.36. The number of rotatable bonds is 5. The first-order valence-corrected chi connectivity index (χ1v) is 5.14. The summed E-state index contributed by atoms with van der Waals surface area (Å²) >= 11 is 0. The molecule has 0 aliphatic rings. The highest BCUT2D eigenvalue weighted by Gasteiger charge is 2.16. The molecule has 4 N–H and O–H groups in total. The topological polar surface area (TPSA) is 135 Å². The number of nitrogens with one attached hydrogen (secondary N) is 1. The van der Waals surface area contributed by atoms with Crippen LogP contribution in [0.4, 0.5) is 0 Å². The van der Waals surface area contributed by atoms with Crippen molar-refractivity contribution in [3.05, 3.63) is 5.82 Å². The van der Waals surface area contributed by atoms with Gasteiger partial charge in [0.1, 0.15) is 6.04 Å². The zero-order valence-electron chi connectivity index (χ0n) is 7.08. The summed E-state index contributed by atoms with van der Waals surface area (Å²) in [6, 6.07) is -1.12. The summed E-state index contributed by atoms with van der Waals surface area (Å²) in [4.78, 5) is 10.3. The molecule has 14 heavy (non-hydrogen) atoms. The second-order valence-electron chi connectivity index (χ2n) is 2.52. The molecule has 9 heteroatoms. The lowest BCUT2D eigenvalue weighted by atomic mass is 10.4. The Morgan fingerprint density at radius 1 is 1.71 bits per heavy atom. The van der Waals surface area contributed by atoms with Gasteiger partial charge in [-0.3, -0.25) is 9.00 Å². The van der Waals surface area contributed by atoms with E-state index in [4.69, 9.17) is 10.8 Å². The molecular formula is C5H9N5O3S. The highest BCUT2D eigenvalue weighted by Crippen LogP contribution is 1.95. The molecule has 0 aliphatic heterocycles. The van der Waals surface area contributed by atoms with Crippen LogP contribution in [0.1, 0.15) is 5.82 Å². The van der Waals surface area contributed by atoms with Crippen molar-refractivity contribution in [1.82, 2.24) is 20.6 Å². The van der Waals surface area contributed by atoms with Crippen LogP contribution in [0.15, 0.2) is 0 Å². The zero-order chi connectivity index (χ0) is 10.6. The van der Waals surface area contributed by atoms with Gasteiger partial charge in [0.25, 0.3) is 0 Å². The van der Waals surface area contributed by atoms with Gasteiger partial charge in [0, 0.05) is 16.6 Å². The lowest BCUT2D eigenvalue weighted by Gasteiger charge is -2.03. The number of aliphatic carboxylic acids is 1. The molecule has 1 aromatic heterocycles. The highest BCUT2D eigenvalue weighted by atomic mass is 32.2. The van der Waals surface area contributed by atoms with Gasteiger partial charge in [-0.05, 0) is 0 Å². The number of aromatic amines is 1. The fourth-order valence-corrected chi connectivity index (χ4v) is 1.79. The van der Waals surface area contributed by atoms with Gasteiger partial charge in [-0.15, -0.1) is 10.2 Å². The van der Waals surface area contributed by atoms with Gasteiger partial charge in [-0.25, -0.2) is 0 Å². The van der Waals surface area contributed by atoms with Crippen molar-refractivity contribution in [2.75, 3.05) is 5.75 Å². The molecule has 78 valence electrons. The fourth-order valence-electron chi connectivity index (χ4n) is 0.718. The Kier molecular flexibility index (Phi) is 3.65. The van der Waals surface area contributed by atoms with Crippen LogP contribution in [0, 0.1) is 0 Å². The quantitative estimate of drug-likeness (QED) is 0.514.